The maximum Gasteiger partial charge on any atom is 0.335 e. The lowest BCUT2D eigenvalue weighted by Crippen LogP contribution is -2.09. The van der Waals surface area contributed by atoms with Gasteiger partial charge >= 0.3 is 5.97 Å². The van der Waals surface area contributed by atoms with E-state index >= 15 is 0 Å². The number of hydrogen-bond acceptors (Lipinski definition) is 4. The van der Waals surface area contributed by atoms with Crippen LogP contribution >= 0.6 is 0 Å². The Bertz CT molecular complexity index is 894. The van der Waals surface area contributed by atoms with Gasteiger partial charge < -0.3 is 10.4 Å². The van der Waals surface area contributed by atoms with Crippen LogP contribution in [0.4, 0.5) is 5.69 Å². The monoisotopic (exact) mass is 333 g/mol. The van der Waals surface area contributed by atoms with Crippen molar-refractivity contribution in [1.29, 1.82) is 0 Å². The van der Waals surface area contributed by atoms with Crippen LogP contribution in [0.3, 0.4) is 0 Å². The third kappa shape index (κ3) is 3.83. The minimum Gasteiger partial charge on any atom is -0.478 e. The predicted octanol–water partition coefficient (Wildman–Crippen LogP) is 4.32. The number of carboxylic acids is 1. The van der Waals surface area contributed by atoms with Gasteiger partial charge in [-0.05, 0) is 55.3 Å². The third-order valence-corrected chi connectivity index (χ3v) is 4.08. The molecule has 0 aliphatic rings. The summed E-state index contributed by atoms with van der Waals surface area (Å²) in [5.41, 5.74) is 4.88. The maximum absolute atomic E-state index is 11.2. The normalized spacial score (nSPS) is 11.8. The van der Waals surface area contributed by atoms with Crippen LogP contribution in [0.5, 0.6) is 0 Å². The second-order valence-corrected chi connectivity index (χ2v) is 5.92. The highest BCUT2D eigenvalue weighted by Crippen LogP contribution is 2.25. The fourth-order valence-corrected chi connectivity index (χ4v) is 2.60. The second-order valence-electron chi connectivity index (χ2n) is 5.92. The summed E-state index contributed by atoms with van der Waals surface area (Å²) in [6.07, 6.45) is 5.35. The molecule has 2 N–H and O–H groups in total. The lowest BCUT2D eigenvalue weighted by Gasteiger charge is -2.18. The topological polar surface area (TPSA) is 75.1 Å². The fraction of sp³-hybridized carbons (Fsp3) is 0.150. The first kappa shape index (κ1) is 16.6. The van der Waals surface area contributed by atoms with Crippen molar-refractivity contribution in [2.75, 3.05) is 5.32 Å². The largest absolute Gasteiger partial charge is 0.478 e. The Labute approximate surface area is 146 Å². The number of rotatable bonds is 5. The van der Waals surface area contributed by atoms with Crippen LogP contribution in [-0.2, 0) is 0 Å². The quantitative estimate of drug-likeness (QED) is 0.727. The number of nitrogens with one attached hydrogen (secondary N) is 1. The molecule has 0 unspecified atom stereocenters. The predicted molar refractivity (Wildman–Crippen MR) is 97.6 cm³/mol. The van der Waals surface area contributed by atoms with Crippen LogP contribution in [0.1, 0.15) is 34.5 Å². The summed E-state index contributed by atoms with van der Waals surface area (Å²) in [7, 11) is 0. The summed E-state index contributed by atoms with van der Waals surface area (Å²) in [5, 5.41) is 12.5. The molecule has 3 aromatic rings. The first-order valence-electron chi connectivity index (χ1n) is 8.01. The number of benzene rings is 1. The van der Waals surface area contributed by atoms with E-state index in [1.54, 1.807) is 36.8 Å². The number of carboxylic acid groups (broad SMARTS) is 1. The van der Waals surface area contributed by atoms with Gasteiger partial charge in [0, 0.05) is 29.8 Å². The number of aromatic carboxylic acids is 1. The number of anilines is 1. The molecule has 0 saturated carbocycles. The zero-order chi connectivity index (χ0) is 17.8. The zero-order valence-corrected chi connectivity index (χ0v) is 14.1. The first-order valence-corrected chi connectivity index (χ1v) is 8.01. The van der Waals surface area contributed by atoms with Crippen LogP contribution < -0.4 is 5.32 Å². The SMILES string of the molecule is Cc1ccc(C(=O)O)cc1N[C@@H](C)c1cncc(-c2ccccn2)c1. The maximum atomic E-state index is 11.2. The van der Waals surface area contributed by atoms with Crippen molar-refractivity contribution in [3.63, 3.8) is 0 Å². The molecule has 0 fully saturated rings. The molecule has 5 nitrogen and oxygen atoms in total. The van der Waals surface area contributed by atoms with E-state index in [-0.39, 0.29) is 11.6 Å². The van der Waals surface area contributed by atoms with Crippen molar-refractivity contribution in [3.8, 4) is 11.3 Å². The van der Waals surface area contributed by atoms with E-state index in [4.69, 9.17) is 5.11 Å². The van der Waals surface area contributed by atoms with E-state index in [0.29, 0.717) is 0 Å². The molecule has 0 aliphatic carbocycles. The van der Waals surface area contributed by atoms with Crippen LogP contribution in [0.2, 0.25) is 0 Å². The number of nitrogens with zero attached hydrogens (tertiary/aromatic N) is 2. The van der Waals surface area contributed by atoms with Crippen LogP contribution in [0.25, 0.3) is 11.3 Å². The highest BCUT2D eigenvalue weighted by atomic mass is 16.4. The van der Waals surface area contributed by atoms with Crippen LogP contribution in [0.15, 0.2) is 61.1 Å². The Hall–Kier alpha value is -3.21. The van der Waals surface area contributed by atoms with Crippen molar-refractivity contribution in [1.82, 2.24) is 9.97 Å². The van der Waals surface area contributed by atoms with Gasteiger partial charge in [-0.3, -0.25) is 9.97 Å². The number of pyridine rings is 2. The lowest BCUT2D eigenvalue weighted by atomic mass is 10.0. The molecule has 0 radical (unpaired) electrons. The highest BCUT2D eigenvalue weighted by molar-refractivity contribution is 5.89. The summed E-state index contributed by atoms with van der Waals surface area (Å²) >= 11 is 0. The highest BCUT2D eigenvalue weighted by Gasteiger charge is 2.11. The molecule has 1 atom stereocenters. The smallest absolute Gasteiger partial charge is 0.335 e. The Morgan fingerprint density at radius 3 is 2.72 bits per heavy atom. The van der Waals surface area contributed by atoms with Gasteiger partial charge in [-0.2, -0.15) is 0 Å². The van der Waals surface area contributed by atoms with Gasteiger partial charge in [-0.25, -0.2) is 4.79 Å². The minimum atomic E-state index is -0.936. The standard InChI is InChI=1S/C20H19N3O2/c1-13-6-7-15(20(24)25)10-19(13)23-14(2)16-9-17(12-21-11-16)18-5-3-4-8-22-18/h3-12,14,23H,1-2H3,(H,24,25)/t14-/m0/s1. The van der Waals surface area contributed by atoms with Crippen molar-refractivity contribution >= 4 is 11.7 Å². The summed E-state index contributed by atoms with van der Waals surface area (Å²) < 4.78 is 0. The van der Waals surface area contributed by atoms with Gasteiger partial charge in [0.05, 0.1) is 17.3 Å². The summed E-state index contributed by atoms with van der Waals surface area (Å²) in [5.74, 6) is -0.936. The molecule has 1 aromatic carbocycles. The molecule has 3 rings (SSSR count). The Morgan fingerprint density at radius 1 is 1.16 bits per heavy atom. The lowest BCUT2D eigenvalue weighted by molar-refractivity contribution is 0.0697. The zero-order valence-electron chi connectivity index (χ0n) is 14.1. The Balaban J connectivity index is 1.86. The van der Waals surface area contributed by atoms with Gasteiger partial charge in [0.15, 0.2) is 0 Å². The minimum absolute atomic E-state index is 0.0288. The molecule has 2 aromatic heterocycles. The van der Waals surface area contributed by atoms with E-state index in [9.17, 15) is 4.79 Å². The average molecular weight is 333 g/mol. The molecule has 0 bridgehead atoms. The van der Waals surface area contributed by atoms with Crippen molar-refractivity contribution in [2.24, 2.45) is 0 Å². The summed E-state index contributed by atoms with van der Waals surface area (Å²) in [6, 6.07) is 12.9. The number of aryl methyl sites for hydroxylation is 1. The molecule has 0 spiro atoms. The van der Waals surface area contributed by atoms with Crippen molar-refractivity contribution in [2.45, 2.75) is 19.9 Å². The van der Waals surface area contributed by atoms with E-state index in [1.807, 2.05) is 38.1 Å². The molecule has 5 heteroatoms. The molecule has 2 heterocycles. The number of hydrogen-bond donors (Lipinski definition) is 2. The van der Waals surface area contributed by atoms with Gasteiger partial charge in [0.1, 0.15) is 0 Å². The van der Waals surface area contributed by atoms with E-state index in [0.717, 1.165) is 28.1 Å². The first-order chi connectivity index (χ1) is 12.0. The molecule has 0 amide bonds. The molecule has 126 valence electrons. The van der Waals surface area contributed by atoms with Gasteiger partial charge in [-0.15, -0.1) is 0 Å². The second kappa shape index (κ2) is 7.13. The Kier molecular flexibility index (Phi) is 4.75. The fourth-order valence-electron chi connectivity index (χ4n) is 2.60. The number of carbonyl (C=O) groups is 1. The molecule has 0 saturated heterocycles. The van der Waals surface area contributed by atoms with Gasteiger partial charge in [0.25, 0.3) is 0 Å². The van der Waals surface area contributed by atoms with E-state index in [1.165, 1.54) is 0 Å². The summed E-state index contributed by atoms with van der Waals surface area (Å²) in [6.45, 7) is 3.97. The van der Waals surface area contributed by atoms with Gasteiger partial charge in [0.2, 0.25) is 0 Å². The molecular weight excluding hydrogens is 314 g/mol. The molecular formula is C20H19N3O2. The molecule has 25 heavy (non-hydrogen) atoms. The Morgan fingerprint density at radius 2 is 2.00 bits per heavy atom. The van der Waals surface area contributed by atoms with E-state index in [2.05, 4.69) is 15.3 Å². The van der Waals surface area contributed by atoms with Gasteiger partial charge in [-0.1, -0.05) is 12.1 Å². The number of aromatic nitrogens is 2. The van der Waals surface area contributed by atoms with Crippen molar-refractivity contribution in [3.05, 3.63) is 77.7 Å². The molecule has 0 aliphatic heterocycles. The third-order valence-electron chi connectivity index (χ3n) is 4.08. The summed E-state index contributed by atoms with van der Waals surface area (Å²) in [4.78, 5) is 19.8. The average Bonchev–Trinajstić information content (AvgIpc) is 2.64. The van der Waals surface area contributed by atoms with E-state index < -0.39 is 5.97 Å². The van der Waals surface area contributed by atoms with Crippen molar-refractivity contribution < 1.29 is 9.90 Å². The van der Waals surface area contributed by atoms with Crippen LogP contribution in [0, 0.1) is 6.92 Å². The van der Waals surface area contributed by atoms with Crippen LogP contribution in [-0.4, -0.2) is 21.0 Å².